The number of aromatic amines is 1. The van der Waals surface area contributed by atoms with E-state index in [1.165, 1.54) is 11.0 Å². The number of anilines is 1. The Hall–Kier alpha value is -3.10. The Bertz CT molecular complexity index is 806. The Kier molecular flexibility index (Phi) is 2.75. The normalized spacial score (nSPS) is 13.8. The summed E-state index contributed by atoms with van der Waals surface area (Å²) in [6.45, 7) is -0.0945. The first kappa shape index (κ1) is 12.9. The molecule has 1 aromatic heterocycles. The molecule has 0 fully saturated rings. The predicted molar refractivity (Wildman–Crippen MR) is 70.0 cm³/mol. The number of likely N-dealkylation sites (N-methyl/N-ethyl adjacent to an activating group) is 1. The molecule has 1 amide bonds. The third-order valence-electron chi connectivity index (χ3n) is 3.09. The van der Waals surface area contributed by atoms with Crippen molar-refractivity contribution >= 4 is 17.6 Å². The topological polar surface area (TPSA) is 118 Å². The van der Waals surface area contributed by atoms with Crippen LogP contribution in [0.3, 0.4) is 0 Å². The lowest BCUT2D eigenvalue weighted by molar-refractivity contribution is -0.120. The van der Waals surface area contributed by atoms with E-state index in [0.29, 0.717) is 17.1 Å². The molecule has 108 valence electrons. The number of aromatic nitrogens is 3. The lowest BCUT2D eigenvalue weighted by atomic mass is 10.2. The van der Waals surface area contributed by atoms with E-state index in [0.717, 1.165) is 4.68 Å². The number of carboxylic acids is 1. The molecular weight excluding hydrogens is 280 g/mol. The van der Waals surface area contributed by atoms with Crippen molar-refractivity contribution in [1.82, 2.24) is 14.8 Å². The summed E-state index contributed by atoms with van der Waals surface area (Å²) in [6.07, 6.45) is 0. The molecule has 1 aliphatic heterocycles. The maximum absolute atomic E-state index is 11.7. The van der Waals surface area contributed by atoms with Gasteiger partial charge >= 0.3 is 11.7 Å². The predicted octanol–water partition coefficient (Wildman–Crippen LogP) is -0.386. The quantitative estimate of drug-likeness (QED) is 0.778. The zero-order valence-corrected chi connectivity index (χ0v) is 10.9. The van der Waals surface area contributed by atoms with Crippen LogP contribution in [0.2, 0.25) is 0 Å². The summed E-state index contributed by atoms with van der Waals surface area (Å²) in [6, 6.07) is 4.67. The fourth-order valence-electron chi connectivity index (χ4n) is 1.99. The minimum atomic E-state index is -1.33. The molecule has 9 nitrogen and oxygen atoms in total. The zero-order valence-electron chi connectivity index (χ0n) is 10.9. The Morgan fingerprint density at radius 3 is 2.86 bits per heavy atom. The van der Waals surface area contributed by atoms with Gasteiger partial charge in [-0.2, -0.15) is 4.68 Å². The Morgan fingerprint density at radius 1 is 1.43 bits per heavy atom. The minimum Gasteiger partial charge on any atom is -0.481 e. The van der Waals surface area contributed by atoms with Gasteiger partial charge in [0, 0.05) is 13.1 Å². The molecule has 2 heterocycles. The van der Waals surface area contributed by atoms with Crippen LogP contribution < -0.4 is 15.3 Å². The van der Waals surface area contributed by atoms with Gasteiger partial charge in [-0.1, -0.05) is 0 Å². The molecule has 3 rings (SSSR count). The van der Waals surface area contributed by atoms with Gasteiger partial charge in [0.15, 0.2) is 6.61 Å². The first-order chi connectivity index (χ1) is 9.97. The number of carboxylic acid groups (broad SMARTS) is 1. The van der Waals surface area contributed by atoms with Crippen molar-refractivity contribution in [3.8, 4) is 11.4 Å². The molecule has 0 aliphatic carbocycles. The van der Waals surface area contributed by atoms with Crippen molar-refractivity contribution in [2.24, 2.45) is 0 Å². The fraction of sp³-hybridized carbons (Fsp3) is 0.167. The molecule has 0 bridgehead atoms. The van der Waals surface area contributed by atoms with Gasteiger partial charge in [0.1, 0.15) is 5.75 Å². The van der Waals surface area contributed by atoms with Crippen LogP contribution >= 0.6 is 0 Å². The second kappa shape index (κ2) is 4.47. The first-order valence-corrected chi connectivity index (χ1v) is 5.94. The average Bonchev–Trinajstić information content (AvgIpc) is 2.85. The third-order valence-corrected chi connectivity index (χ3v) is 3.09. The molecule has 2 aromatic rings. The molecule has 0 unspecified atom stereocenters. The fourth-order valence-corrected chi connectivity index (χ4v) is 1.99. The largest absolute Gasteiger partial charge is 0.481 e. The molecule has 0 saturated carbocycles. The Morgan fingerprint density at radius 2 is 2.19 bits per heavy atom. The van der Waals surface area contributed by atoms with Gasteiger partial charge < -0.3 is 14.7 Å². The number of fused-ring (bicyclic) bond motifs is 1. The second-order valence-corrected chi connectivity index (χ2v) is 4.39. The van der Waals surface area contributed by atoms with Gasteiger partial charge in [0.2, 0.25) is 5.82 Å². The molecule has 2 N–H and O–H groups in total. The van der Waals surface area contributed by atoms with Crippen LogP contribution in [0.5, 0.6) is 5.75 Å². The maximum atomic E-state index is 11.7. The van der Waals surface area contributed by atoms with Gasteiger partial charge in [-0.3, -0.25) is 9.78 Å². The van der Waals surface area contributed by atoms with Gasteiger partial charge in [0.05, 0.1) is 11.4 Å². The number of hydrogen-bond donors (Lipinski definition) is 2. The Labute approximate surface area is 117 Å². The maximum Gasteiger partial charge on any atom is 0.373 e. The summed E-state index contributed by atoms with van der Waals surface area (Å²) in [5.74, 6) is -1.54. The summed E-state index contributed by atoms with van der Waals surface area (Å²) < 4.78 is 6.22. The summed E-state index contributed by atoms with van der Waals surface area (Å²) in [7, 11) is 1.62. The van der Waals surface area contributed by atoms with Crippen molar-refractivity contribution in [3.05, 3.63) is 34.5 Å². The monoisotopic (exact) mass is 290 g/mol. The van der Waals surface area contributed by atoms with Crippen molar-refractivity contribution in [1.29, 1.82) is 0 Å². The van der Waals surface area contributed by atoms with Crippen molar-refractivity contribution < 1.29 is 19.4 Å². The van der Waals surface area contributed by atoms with E-state index < -0.39 is 17.5 Å². The highest BCUT2D eigenvalue weighted by Gasteiger charge is 2.23. The van der Waals surface area contributed by atoms with Crippen molar-refractivity contribution in [2.75, 3.05) is 18.6 Å². The highest BCUT2D eigenvalue weighted by Crippen LogP contribution is 2.32. The van der Waals surface area contributed by atoms with E-state index in [1.807, 2.05) is 0 Å². The lowest BCUT2D eigenvalue weighted by Gasteiger charge is -2.26. The SMILES string of the molecule is CN1C(=O)COc2cc(-n3nc(C(=O)O)[nH]c3=O)ccc21. The van der Waals surface area contributed by atoms with Gasteiger partial charge in [0.25, 0.3) is 5.91 Å². The number of hydrogen-bond acceptors (Lipinski definition) is 5. The summed E-state index contributed by atoms with van der Waals surface area (Å²) in [5, 5.41) is 12.5. The van der Waals surface area contributed by atoms with Gasteiger partial charge in [-0.25, -0.2) is 9.59 Å². The summed E-state index contributed by atoms with van der Waals surface area (Å²) in [4.78, 5) is 37.6. The number of amides is 1. The zero-order chi connectivity index (χ0) is 15.1. The number of rotatable bonds is 2. The number of ether oxygens (including phenoxy) is 1. The number of nitrogens with zero attached hydrogens (tertiary/aromatic N) is 3. The summed E-state index contributed by atoms with van der Waals surface area (Å²) in [5.41, 5.74) is 0.231. The molecule has 1 aliphatic rings. The van der Waals surface area contributed by atoms with Crippen LogP contribution in [0, 0.1) is 0 Å². The van der Waals surface area contributed by atoms with E-state index >= 15 is 0 Å². The average molecular weight is 290 g/mol. The van der Waals surface area contributed by atoms with Crippen LogP contribution in [0.15, 0.2) is 23.0 Å². The van der Waals surface area contributed by atoms with Crippen LogP contribution in [-0.4, -0.2) is 45.4 Å². The molecule has 21 heavy (non-hydrogen) atoms. The van der Waals surface area contributed by atoms with Crippen LogP contribution in [0.25, 0.3) is 5.69 Å². The minimum absolute atomic E-state index is 0.0945. The highest BCUT2D eigenvalue weighted by atomic mass is 16.5. The molecule has 1 aromatic carbocycles. The second-order valence-electron chi connectivity index (χ2n) is 4.39. The third kappa shape index (κ3) is 2.04. The molecule has 0 atom stereocenters. The molecule has 0 saturated heterocycles. The van der Waals surface area contributed by atoms with E-state index in [4.69, 9.17) is 9.84 Å². The van der Waals surface area contributed by atoms with E-state index in [-0.39, 0.29) is 12.5 Å². The first-order valence-electron chi connectivity index (χ1n) is 5.94. The van der Waals surface area contributed by atoms with Crippen LogP contribution in [0.4, 0.5) is 5.69 Å². The molecule has 9 heteroatoms. The van der Waals surface area contributed by atoms with Crippen LogP contribution in [-0.2, 0) is 4.79 Å². The summed E-state index contributed by atoms with van der Waals surface area (Å²) >= 11 is 0. The number of carbonyl (C=O) groups excluding carboxylic acids is 1. The number of nitrogens with one attached hydrogen (secondary N) is 1. The van der Waals surface area contributed by atoms with Gasteiger partial charge in [-0.05, 0) is 12.1 Å². The number of benzene rings is 1. The highest BCUT2D eigenvalue weighted by molar-refractivity contribution is 5.97. The van der Waals surface area contributed by atoms with Crippen LogP contribution in [0.1, 0.15) is 10.6 Å². The molecular formula is C12H10N4O5. The number of carbonyl (C=O) groups is 2. The molecule has 0 spiro atoms. The van der Waals surface area contributed by atoms with Crippen molar-refractivity contribution in [2.45, 2.75) is 0 Å². The number of H-pyrrole nitrogens is 1. The van der Waals surface area contributed by atoms with E-state index in [1.54, 1.807) is 19.2 Å². The molecule has 0 radical (unpaired) electrons. The van der Waals surface area contributed by atoms with Crippen molar-refractivity contribution in [3.63, 3.8) is 0 Å². The standard InChI is InChI=1S/C12H10N4O5/c1-15-7-3-2-6(4-8(7)21-5-9(15)17)16-12(20)13-10(14-16)11(18)19/h2-4H,5H2,1H3,(H,18,19)(H,13,14,20). The lowest BCUT2D eigenvalue weighted by Crippen LogP contribution is -2.35. The Balaban J connectivity index is 2.07. The van der Waals surface area contributed by atoms with E-state index in [2.05, 4.69) is 10.1 Å². The number of aromatic carboxylic acids is 1. The van der Waals surface area contributed by atoms with Gasteiger partial charge in [-0.15, -0.1) is 5.10 Å². The smallest absolute Gasteiger partial charge is 0.373 e. The van der Waals surface area contributed by atoms with E-state index in [9.17, 15) is 14.4 Å².